The molecule has 0 aliphatic carbocycles. The average Bonchev–Trinajstić information content (AvgIpc) is 2.82. The fraction of sp³-hybridized carbons (Fsp3) is 0.208. The van der Waals surface area contributed by atoms with Crippen LogP contribution in [0.1, 0.15) is 22.8 Å². The molecule has 0 aromatic heterocycles. The predicted octanol–water partition coefficient (Wildman–Crippen LogP) is 3.58. The van der Waals surface area contributed by atoms with Crippen LogP contribution in [-0.2, 0) is 16.6 Å². The number of carbonyl (C=O) groups is 1. The zero-order valence-corrected chi connectivity index (χ0v) is 19.8. The first kappa shape index (κ1) is 24.9. The van der Waals surface area contributed by atoms with Gasteiger partial charge in [0.2, 0.25) is 10.0 Å². The number of benzene rings is 3. The average molecular weight is 487 g/mol. The molecule has 0 aliphatic rings. The van der Waals surface area contributed by atoms with E-state index < -0.39 is 15.9 Å². The molecule has 1 amide bonds. The highest BCUT2D eigenvalue weighted by Gasteiger charge is 2.18. The summed E-state index contributed by atoms with van der Waals surface area (Å²) in [6.07, 6.45) is 0. The molecule has 0 spiro atoms. The van der Waals surface area contributed by atoms with Gasteiger partial charge < -0.3 is 24.3 Å². The summed E-state index contributed by atoms with van der Waals surface area (Å²) in [5.74, 6) is 1.27. The van der Waals surface area contributed by atoms with Crippen molar-refractivity contribution in [3.05, 3.63) is 71.8 Å². The third kappa shape index (κ3) is 6.18. The minimum atomic E-state index is -4.09. The third-order valence-corrected chi connectivity index (χ3v) is 5.74. The predicted molar refractivity (Wildman–Crippen MR) is 127 cm³/mol. The number of methoxy groups -OCH3 is 2. The summed E-state index contributed by atoms with van der Waals surface area (Å²) in [6.45, 7) is 2.29. The first-order valence-corrected chi connectivity index (χ1v) is 11.8. The van der Waals surface area contributed by atoms with Crippen molar-refractivity contribution < 1.29 is 32.2 Å². The van der Waals surface area contributed by atoms with Crippen LogP contribution in [0.2, 0.25) is 0 Å². The molecule has 0 fully saturated rings. The highest BCUT2D eigenvalue weighted by Crippen LogP contribution is 2.30. The van der Waals surface area contributed by atoms with Gasteiger partial charge in [-0.1, -0.05) is 6.07 Å². The van der Waals surface area contributed by atoms with E-state index in [1.165, 1.54) is 32.4 Å². The van der Waals surface area contributed by atoms with Gasteiger partial charge in [-0.25, -0.2) is 13.6 Å². The maximum Gasteiger partial charge on any atom is 0.255 e. The van der Waals surface area contributed by atoms with Gasteiger partial charge in [0.1, 0.15) is 34.5 Å². The Morgan fingerprint density at radius 1 is 0.912 bits per heavy atom. The largest absolute Gasteiger partial charge is 0.497 e. The van der Waals surface area contributed by atoms with Crippen molar-refractivity contribution in [1.82, 2.24) is 0 Å². The molecular formula is C24H26N2O7S. The lowest BCUT2D eigenvalue weighted by Gasteiger charge is -2.15. The van der Waals surface area contributed by atoms with Gasteiger partial charge in [0.05, 0.1) is 20.8 Å². The molecule has 0 aliphatic heterocycles. The molecular weight excluding hydrogens is 460 g/mol. The summed E-state index contributed by atoms with van der Waals surface area (Å²) in [4.78, 5) is 12.5. The van der Waals surface area contributed by atoms with Crippen LogP contribution in [0.5, 0.6) is 23.0 Å². The first-order valence-electron chi connectivity index (χ1n) is 10.3. The second-order valence-electron chi connectivity index (χ2n) is 7.09. The van der Waals surface area contributed by atoms with Gasteiger partial charge in [0.15, 0.2) is 0 Å². The summed E-state index contributed by atoms with van der Waals surface area (Å²) >= 11 is 0. The van der Waals surface area contributed by atoms with Gasteiger partial charge in [-0.15, -0.1) is 0 Å². The fourth-order valence-corrected chi connectivity index (χ4v) is 3.84. The van der Waals surface area contributed by atoms with Gasteiger partial charge >= 0.3 is 0 Å². The van der Waals surface area contributed by atoms with E-state index in [2.05, 4.69) is 5.32 Å². The molecule has 0 radical (unpaired) electrons. The topological polar surface area (TPSA) is 126 Å². The van der Waals surface area contributed by atoms with Crippen molar-refractivity contribution in [2.24, 2.45) is 5.14 Å². The van der Waals surface area contributed by atoms with E-state index in [-0.39, 0.29) is 17.3 Å². The molecule has 0 unspecified atom stereocenters. The molecule has 10 heteroatoms. The van der Waals surface area contributed by atoms with Crippen LogP contribution in [0.4, 0.5) is 5.69 Å². The molecule has 180 valence electrons. The molecule has 3 rings (SSSR count). The maximum atomic E-state index is 12.7. The monoisotopic (exact) mass is 486 g/mol. The van der Waals surface area contributed by atoms with E-state index in [0.29, 0.717) is 40.7 Å². The van der Waals surface area contributed by atoms with E-state index >= 15 is 0 Å². The Bertz CT molecular complexity index is 1280. The number of carbonyl (C=O) groups excluding carboxylic acids is 1. The Balaban J connectivity index is 1.87. The highest BCUT2D eigenvalue weighted by molar-refractivity contribution is 7.89. The smallest absolute Gasteiger partial charge is 0.255 e. The molecule has 3 aromatic carbocycles. The Hall–Kier alpha value is -3.76. The minimum Gasteiger partial charge on any atom is -0.497 e. The number of hydrogen-bond donors (Lipinski definition) is 2. The Kier molecular flexibility index (Phi) is 7.98. The fourth-order valence-electron chi connectivity index (χ4n) is 3.18. The van der Waals surface area contributed by atoms with Crippen LogP contribution in [0.25, 0.3) is 0 Å². The molecule has 0 saturated carbocycles. The highest BCUT2D eigenvalue weighted by atomic mass is 32.2. The second kappa shape index (κ2) is 10.9. The lowest BCUT2D eigenvalue weighted by molar-refractivity contribution is 0.102. The number of anilines is 1. The van der Waals surface area contributed by atoms with Crippen molar-refractivity contribution in [3.63, 3.8) is 0 Å². The molecule has 9 nitrogen and oxygen atoms in total. The number of ether oxygens (including phenoxy) is 4. The van der Waals surface area contributed by atoms with E-state index in [1.807, 2.05) is 6.92 Å². The van der Waals surface area contributed by atoms with Crippen LogP contribution in [0, 0.1) is 0 Å². The number of sulfonamides is 1. The van der Waals surface area contributed by atoms with E-state index in [1.54, 1.807) is 42.5 Å². The molecule has 0 atom stereocenters. The number of nitrogens with one attached hydrogen (secondary N) is 1. The number of amides is 1. The second-order valence-corrected chi connectivity index (χ2v) is 8.62. The quantitative estimate of drug-likeness (QED) is 0.448. The van der Waals surface area contributed by atoms with Gasteiger partial charge in [-0.05, 0) is 55.5 Å². The Labute approximate surface area is 198 Å². The molecule has 0 bridgehead atoms. The van der Waals surface area contributed by atoms with Crippen LogP contribution < -0.4 is 29.4 Å². The van der Waals surface area contributed by atoms with Crippen LogP contribution in [0.15, 0.2) is 65.6 Å². The molecule has 0 saturated heterocycles. The first-order chi connectivity index (χ1) is 16.2. The maximum absolute atomic E-state index is 12.7. The summed E-state index contributed by atoms with van der Waals surface area (Å²) in [7, 11) is -1.04. The van der Waals surface area contributed by atoms with Crippen molar-refractivity contribution >= 4 is 21.6 Å². The SMILES string of the molecule is CCOc1cccc(C(=O)Nc2ccc(S(N)(=O)=O)c(OCc3cc(OC)ccc3OC)c2)c1. The number of nitrogens with two attached hydrogens (primary N) is 1. The van der Waals surface area contributed by atoms with Crippen molar-refractivity contribution in [2.75, 3.05) is 26.1 Å². The van der Waals surface area contributed by atoms with Crippen molar-refractivity contribution in [1.29, 1.82) is 0 Å². The molecule has 34 heavy (non-hydrogen) atoms. The summed E-state index contributed by atoms with van der Waals surface area (Å²) in [5.41, 5.74) is 1.33. The third-order valence-electron chi connectivity index (χ3n) is 4.79. The number of rotatable bonds is 10. The van der Waals surface area contributed by atoms with Gasteiger partial charge in [-0.2, -0.15) is 0 Å². The Morgan fingerprint density at radius 2 is 1.71 bits per heavy atom. The normalized spacial score (nSPS) is 10.9. The lowest BCUT2D eigenvalue weighted by atomic mass is 10.2. The Morgan fingerprint density at radius 3 is 2.38 bits per heavy atom. The summed E-state index contributed by atoms with van der Waals surface area (Å²) in [6, 6.07) is 16.0. The molecule has 3 aromatic rings. The van der Waals surface area contributed by atoms with E-state index in [9.17, 15) is 13.2 Å². The molecule has 0 heterocycles. The minimum absolute atomic E-state index is 0.0201. The van der Waals surface area contributed by atoms with Gasteiger partial charge in [0, 0.05) is 22.9 Å². The van der Waals surface area contributed by atoms with Crippen LogP contribution in [0.3, 0.4) is 0 Å². The van der Waals surface area contributed by atoms with Crippen molar-refractivity contribution in [3.8, 4) is 23.0 Å². The van der Waals surface area contributed by atoms with Crippen LogP contribution >= 0.6 is 0 Å². The van der Waals surface area contributed by atoms with Gasteiger partial charge in [-0.3, -0.25) is 4.79 Å². The van der Waals surface area contributed by atoms with Crippen molar-refractivity contribution in [2.45, 2.75) is 18.4 Å². The molecule has 3 N–H and O–H groups in total. The van der Waals surface area contributed by atoms with E-state index in [0.717, 1.165) is 0 Å². The standard InChI is InChI=1S/C24H26N2O7S/c1-4-32-20-7-5-6-16(12-20)24(27)26-18-8-11-23(34(25,28)29)22(14-18)33-15-17-13-19(30-2)9-10-21(17)31-3/h5-14H,4,15H2,1-3H3,(H,26,27)(H2,25,28,29). The van der Waals surface area contributed by atoms with Crippen LogP contribution in [-0.4, -0.2) is 35.2 Å². The van der Waals surface area contributed by atoms with E-state index in [4.69, 9.17) is 24.1 Å². The lowest BCUT2D eigenvalue weighted by Crippen LogP contribution is -2.16. The van der Waals surface area contributed by atoms with Gasteiger partial charge in [0.25, 0.3) is 5.91 Å². The zero-order valence-electron chi connectivity index (χ0n) is 19.0. The summed E-state index contributed by atoms with van der Waals surface area (Å²) < 4.78 is 46.0. The number of hydrogen-bond acceptors (Lipinski definition) is 7. The zero-order chi connectivity index (χ0) is 24.7. The number of primary sulfonamides is 1. The summed E-state index contributed by atoms with van der Waals surface area (Å²) in [5, 5.41) is 8.09.